The minimum atomic E-state index is -0.0968. The molecule has 1 aliphatic rings. The predicted octanol–water partition coefficient (Wildman–Crippen LogP) is 2.52. The number of benzene rings is 1. The van der Waals surface area contributed by atoms with Gasteiger partial charge in [-0.1, -0.05) is 24.3 Å². The van der Waals surface area contributed by atoms with Crippen LogP contribution in [0.4, 0.5) is 0 Å². The van der Waals surface area contributed by atoms with Crippen LogP contribution >= 0.6 is 0 Å². The van der Waals surface area contributed by atoms with Crippen LogP contribution in [0.1, 0.15) is 45.7 Å². The lowest BCUT2D eigenvalue weighted by molar-refractivity contribution is 0.0950. The lowest BCUT2D eigenvalue weighted by Crippen LogP contribution is -2.23. The fourth-order valence-electron chi connectivity index (χ4n) is 2.74. The summed E-state index contributed by atoms with van der Waals surface area (Å²) >= 11 is 0. The quantitative estimate of drug-likeness (QED) is 0.911. The van der Waals surface area contributed by atoms with E-state index in [2.05, 4.69) is 17.4 Å². The molecule has 0 spiro atoms. The van der Waals surface area contributed by atoms with Gasteiger partial charge in [0.15, 0.2) is 0 Å². The standard InChI is InChI=1S/C18H23N3O/c1-12-10-16(13(2)21(12)3)17(22)20-11-14-4-6-15(7-5-14)18(19)8-9-18/h4-7,10H,8-9,11,19H2,1-3H3,(H,20,22). The van der Waals surface area contributed by atoms with Gasteiger partial charge in [-0.15, -0.1) is 0 Å². The van der Waals surface area contributed by atoms with Crippen LogP contribution in [0.15, 0.2) is 30.3 Å². The fraction of sp³-hybridized carbons (Fsp3) is 0.389. The lowest BCUT2D eigenvalue weighted by atomic mass is 10.0. The number of nitrogens with one attached hydrogen (secondary N) is 1. The van der Waals surface area contributed by atoms with E-state index in [0.29, 0.717) is 6.54 Å². The van der Waals surface area contributed by atoms with Crippen LogP contribution in [-0.4, -0.2) is 10.5 Å². The summed E-state index contributed by atoms with van der Waals surface area (Å²) in [6, 6.07) is 10.2. The van der Waals surface area contributed by atoms with Crippen molar-refractivity contribution in [3.63, 3.8) is 0 Å². The number of carbonyl (C=O) groups is 1. The fourth-order valence-corrected chi connectivity index (χ4v) is 2.74. The average Bonchev–Trinajstić information content (AvgIpc) is 3.22. The first-order valence-corrected chi connectivity index (χ1v) is 7.70. The van der Waals surface area contributed by atoms with E-state index in [1.165, 1.54) is 5.56 Å². The number of nitrogens with two attached hydrogens (primary N) is 1. The monoisotopic (exact) mass is 297 g/mol. The Labute approximate surface area is 131 Å². The number of amides is 1. The Morgan fingerprint density at radius 3 is 2.41 bits per heavy atom. The molecule has 3 rings (SSSR count). The third kappa shape index (κ3) is 2.66. The van der Waals surface area contributed by atoms with Gasteiger partial charge < -0.3 is 15.6 Å². The zero-order valence-corrected chi connectivity index (χ0v) is 13.4. The van der Waals surface area contributed by atoms with Crippen molar-refractivity contribution in [2.24, 2.45) is 12.8 Å². The van der Waals surface area contributed by atoms with Crippen molar-refractivity contribution in [2.45, 2.75) is 38.8 Å². The van der Waals surface area contributed by atoms with E-state index in [1.807, 2.05) is 43.7 Å². The summed E-state index contributed by atoms with van der Waals surface area (Å²) in [5.41, 5.74) is 11.2. The van der Waals surface area contributed by atoms with Crippen molar-refractivity contribution in [1.29, 1.82) is 0 Å². The molecule has 0 bridgehead atoms. The van der Waals surface area contributed by atoms with Gasteiger partial charge in [-0.2, -0.15) is 0 Å². The summed E-state index contributed by atoms with van der Waals surface area (Å²) < 4.78 is 2.03. The highest BCUT2D eigenvalue weighted by Gasteiger charge is 2.39. The molecule has 0 atom stereocenters. The van der Waals surface area contributed by atoms with Crippen molar-refractivity contribution >= 4 is 5.91 Å². The van der Waals surface area contributed by atoms with Crippen LogP contribution in [0.2, 0.25) is 0 Å². The molecule has 1 aliphatic carbocycles. The number of rotatable bonds is 4. The van der Waals surface area contributed by atoms with Crippen LogP contribution in [0.3, 0.4) is 0 Å². The lowest BCUT2D eigenvalue weighted by Gasteiger charge is -2.10. The zero-order chi connectivity index (χ0) is 15.9. The van der Waals surface area contributed by atoms with Crippen LogP contribution in [0.25, 0.3) is 0 Å². The molecular weight excluding hydrogens is 274 g/mol. The smallest absolute Gasteiger partial charge is 0.253 e. The summed E-state index contributed by atoms with van der Waals surface area (Å²) in [5.74, 6) is -0.0252. The molecule has 0 radical (unpaired) electrons. The Kier molecular flexibility index (Phi) is 3.57. The maximum atomic E-state index is 12.3. The van der Waals surface area contributed by atoms with E-state index in [1.54, 1.807) is 0 Å². The molecule has 0 unspecified atom stereocenters. The molecule has 3 N–H and O–H groups in total. The van der Waals surface area contributed by atoms with Crippen molar-refractivity contribution in [2.75, 3.05) is 0 Å². The molecule has 1 aromatic heterocycles. The Hall–Kier alpha value is -2.07. The van der Waals surface area contributed by atoms with Crippen molar-refractivity contribution in [1.82, 2.24) is 9.88 Å². The Morgan fingerprint density at radius 2 is 1.91 bits per heavy atom. The van der Waals surface area contributed by atoms with Gasteiger partial charge in [-0.05, 0) is 43.9 Å². The summed E-state index contributed by atoms with van der Waals surface area (Å²) in [6.07, 6.45) is 2.13. The SMILES string of the molecule is Cc1cc(C(=O)NCc2ccc(C3(N)CC3)cc2)c(C)n1C. The largest absolute Gasteiger partial charge is 0.351 e. The van der Waals surface area contributed by atoms with Gasteiger partial charge in [0.2, 0.25) is 0 Å². The molecule has 2 aromatic rings. The summed E-state index contributed by atoms with van der Waals surface area (Å²) in [6.45, 7) is 4.50. The van der Waals surface area contributed by atoms with Crippen LogP contribution in [0, 0.1) is 13.8 Å². The normalized spacial score (nSPS) is 15.6. The Morgan fingerprint density at radius 1 is 1.27 bits per heavy atom. The molecule has 22 heavy (non-hydrogen) atoms. The van der Waals surface area contributed by atoms with Gasteiger partial charge in [0, 0.05) is 30.5 Å². The van der Waals surface area contributed by atoms with Gasteiger partial charge in [-0.25, -0.2) is 0 Å². The number of nitrogens with zero attached hydrogens (tertiary/aromatic N) is 1. The van der Waals surface area contributed by atoms with Gasteiger partial charge in [-0.3, -0.25) is 4.79 Å². The van der Waals surface area contributed by atoms with Crippen LogP contribution in [0.5, 0.6) is 0 Å². The molecule has 1 fully saturated rings. The Bertz CT molecular complexity index is 709. The zero-order valence-electron chi connectivity index (χ0n) is 13.4. The number of hydrogen-bond donors (Lipinski definition) is 2. The molecule has 1 saturated carbocycles. The van der Waals surface area contributed by atoms with Gasteiger partial charge >= 0.3 is 0 Å². The number of carbonyl (C=O) groups excluding carboxylic acids is 1. The highest BCUT2D eigenvalue weighted by atomic mass is 16.1. The highest BCUT2D eigenvalue weighted by molar-refractivity contribution is 5.95. The van der Waals surface area contributed by atoms with Crippen molar-refractivity contribution in [3.8, 4) is 0 Å². The van der Waals surface area contributed by atoms with Crippen molar-refractivity contribution < 1.29 is 4.79 Å². The first kappa shape index (κ1) is 14.9. The summed E-state index contributed by atoms with van der Waals surface area (Å²) in [7, 11) is 1.97. The first-order valence-electron chi connectivity index (χ1n) is 7.70. The average molecular weight is 297 g/mol. The van der Waals surface area contributed by atoms with E-state index < -0.39 is 0 Å². The molecule has 4 heteroatoms. The van der Waals surface area contributed by atoms with Crippen LogP contribution in [-0.2, 0) is 19.1 Å². The van der Waals surface area contributed by atoms with E-state index >= 15 is 0 Å². The molecule has 0 aliphatic heterocycles. The van der Waals surface area contributed by atoms with Crippen LogP contribution < -0.4 is 11.1 Å². The van der Waals surface area contributed by atoms with E-state index in [9.17, 15) is 4.79 Å². The third-order valence-electron chi connectivity index (χ3n) is 4.79. The topological polar surface area (TPSA) is 60.1 Å². The molecule has 0 saturated heterocycles. The molecule has 1 aromatic carbocycles. The summed E-state index contributed by atoms with van der Waals surface area (Å²) in [4.78, 5) is 12.3. The molecule has 4 nitrogen and oxygen atoms in total. The summed E-state index contributed by atoms with van der Waals surface area (Å²) in [5, 5.41) is 2.99. The Balaban J connectivity index is 1.64. The van der Waals surface area contributed by atoms with E-state index in [0.717, 1.165) is 35.4 Å². The molecule has 1 amide bonds. The highest BCUT2D eigenvalue weighted by Crippen LogP contribution is 2.42. The molecular formula is C18H23N3O. The molecule has 1 heterocycles. The van der Waals surface area contributed by atoms with Gasteiger partial charge in [0.1, 0.15) is 0 Å². The van der Waals surface area contributed by atoms with E-state index in [4.69, 9.17) is 5.73 Å². The maximum Gasteiger partial charge on any atom is 0.253 e. The van der Waals surface area contributed by atoms with Gasteiger partial charge in [0.05, 0.1) is 5.56 Å². The predicted molar refractivity (Wildman–Crippen MR) is 87.6 cm³/mol. The first-order chi connectivity index (χ1) is 10.4. The minimum Gasteiger partial charge on any atom is -0.351 e. The number of aryl methyl sites for hydroxylation is 1. The number of hydrogen-bond acceptors (Lipinski definition) is 2. The second-order valence-electron chi connectivity index (χ2n) is 6.38. The molecule has 116 valence electrons. The minimum absolute atomic E-state index is 0.0252. The third-order valence-corrected chi connectivity index (χ3v) is 4.79. The van der Waals surface area contributed by atoms with Gasteiger partial charge in [0.25, 0.3) is 5.91 Å². The van der Waals surface area contributed by atoms with Crippen molar-refractivity contribution in [3.05, 3.63) is 58.4 Å². The second kappa shape index (κ2) is 5.29. The maximum absolute atomic E-state index is 12.3. The number of aromatic nitrogens is 1. The van der Waals surface area contributed by atoms with E-state index in [-0.39, 0.29) is 11.4 Å². The second-order valence-corrected chi connectivity index (χ2v) is 6.38.